The lowest BCUT2D eigenvalue weighted by Crippen LogP contribution is -2.20. The van der Waals surface area contributed by atoms with E-state index >= 15 is 0 Å². The quantitative estimate of drug-likeness (QED) is 0.836. The van der Waals surface area contributed by atoms with Gasteiger partial charge in [-0.3, -0.25) is 13.8 Å². The molecule has 0 aliphatic heterocycles. The number of fused-ring (bicyclic) bond motifs is 1. The molecule has 1 aromatic carbocycles. The molecular formula is C14H15NO5S. The zero-order chi connectivity index (χ0) is 15.6. The van der Waals surface area contributed by atoms with E-state index in [1.54, 1.807) is 6.07 Å². The van der Waals surface area contributed by atoms with E-state index in [2.05, 4.69) is 4.98 Å². The Bertz CT molecular complexity index is 781. The van der Waals surface area contributed by atoms with Gasteiger partial charge in [-0.15, -0.1) is 0 Å². The summed E-state index contributed by atoms with van der Waals surface area (Å²) in [5.74, 6) is 0.254. The van der Waals surface area contributed by atoms with Crippen molar-refractivity contribution in [2.45, 2.75) is 0 Å². The highest BCUT2D eigenvalue weighted by molar-refractivity contribution is 7.85. The summed E-state index contributed by atoms with van der Waals surface area (Å²) in [4.78, 5) is 27.2. The number of ketones is 1. The molecular weight excluding hydrogens is 294 g/mol. The number of aromatic nitrogens is 1. The number of hydrogen-bond donors (Lipinski definition) is 1. The molecule has 1 heterocycles. The van der Waals surface area contributed by atoms with Gasteiger partial charge in [0.05, 0.1) is 36.4 Å². The lowest BCUT2D eigenvalue weighted by Gasteiger charge is -2.09. The van der Waals surface area contributed by atoms with Crippen molar-refractivity contribution in [2.75, 3.05) is 26.2 Å². The first kappa shape index (κ1) is 15.2. The van der Waals surface area contributed by atoms with Crippen LogP contribution >= 0.6 is 0 Å². The molecule has 21 heavy (non-hydrogen) atoms. The van der Waals surface area contributed by atoms with Gasteiger partial charge in [0.2, 0.25) is 0 Å². The van der Waals surface area contributed by atoms with Crippen LogP contribution in [0.2, 0.25) is 0 Å². The maximum absolute atomic E-state index is 12.4. The van der Waals surface area contributed by atoms with Crippen molar-refractivity contribution < 1.29 is 18.5 Å². The van der Waals surface area contributed by atoms with Crippen LogP contribution in [0, 0.1) is 0 Å². The van der Waals surface area contributed by atoms with Gasteiger partial charge in [-0.2, -0.15) is 0 Å². The van der Waals surface area contributed by atoms with Crippen LogP contribution in [0.4, 0.5) is 0 Å². The average Bonchev–Trinajstić information content (AvgIpc) is 2.45. The molecule has 6 nitrogen and oxygen atoms in total. The number of ether oxygens (including phenoxy) is 2. The number of nitrogens with one attached hydrogen (secondary N) is 1. The van der Waals surface area contributed by atoms with Crippen molar-refractivity contribution in [1.29, 1.82) is 0 Å². The van der Waals surface area contributed by atoms with Gasteiger partial charge in [0.15, 0.2) is 22.7 Å². The van der Waals surface area contributed by atoms with Crippen LogP contribution in [0.3, 0.4) is 0 Å². The molecule has 0 bridgehead atoms. The van der Waals surface area contributed by atoms with Crippen molar-refractivity contribution in [1.82, 2.24) is 4.98 Å². The minimum atomic E-state index is -1.30. The van der Waals surface area contributed by atoms with Gasteiger partial charge in [-0.1, -0.05) is 0 Å². The van der Waals surface area contributed by atoms with Gasteiger partial charge in [-0.05, 0) is 6.07 Å². The Morgan fingerprint density at radius 2 is 1.86 bits per heavy atom. The minimum absolute atomic E-state index is 0.00933. The maximum atomic E-state index is 12.4. The van der Waals surface area contributed by atoms with Crippen LogP contribution in [0.15, 0.2) is 23.1 Å². The zero-order valence-electron chi connectivity index (χ0n) is 11.9. The van der Waals surface area contributed by atoms with Crippen LogP contribution in [-0.2, 0) is 10.8 Å². The second kappa shape index (κ2) is 6.09. The molecule has 2 rings (SSSR count). The largest absolute Gasteiger partial charge is 0.493 e. The molecule has 7 heteroatoms. The molecule has 1 atom stereocenters. The third-order valence-electron chi connectivity index (χ3n) is 3.02. The SMILES string of the molecule is COc1cc2[nH]cc(C(=O)C[S@](C)=O)c(=O)c2cc1OC. The number of benzene rings is 1. The van der Waals surface area contributed by atoms with E-state index < -0.39 is 22.0 Å². The lowest BCUT2D eigenvalue weighted by molar-refractivity contribution is 0.102. The second-order valence-corrected chi connectivity index (χ2v) is 5.86. The molecule has 0 saturated heterocycles. The number of H-pyrrole nitrogens is 1. The van der Waals surface area contributed by atoms with Crippen LogP contribution < -0.4 is 14.9 Å². The number of rotatable bonds is 5. The van der Waals surface area contributed by atoms with Crippen molar-refractivity contribution in [3.63, 3.8) is 0 Å². The average molecular weight is 309 g/mol. The van der Waals surface area contributed by atoms with Crippen molar-refractivity contribution in [3.8, 4) is 11.5 Å². The van der Waals surface area contributed by atoms with E-state index in [-0.39, 0.29) is 11.3 Å². The van der Waals surface area contributed by atoms with Crippen LogP contribution in [0.1, 0.15) is 10.4 Å². The summed E-state index contributed by atoms with van der Waals surface area (Å²) in [7, 11) is 1.67. The van der Waals surface area contributed by atoms with Gasteiger partial charge in [0.1, 0.15) is 0 Å². The molecule has 0 amide bonds. The summed E-state index contributed by atoms with van der Waals surface area (Å²) in [6.07, 6.45) is 2.76. The highest BCUT2D eigenvalue weighted by Gasteiger charge is 2.16. The summed E-state index contributed by atoms with van der Waals surface area (Å²) in [6.45, 7) is 0. The maximum Gasteiger partial charge on any atom is 0.200 e. The van der Waals surface area contributed by atoms with Gasteiger partial charge in [-0.25, -0.2) is 0 Å². The Labute approximate surface area is 123 Å². The summed E-state index contributed by atoms with van der Waals surface area (Å²) in [6, 6.07) is 3.15. The van der Waals surface area contributed by atoms with Crippen molar-refractivity contribution in [3.05, 3.63) is 34.1 Å². The summed E-state index contributed by atoms with van der Waals surface area (Å²) in [5.41, 5.74) is 0.108. The Balaban J connectivity index is 2.64. The number of hydrogen-bond acceptors (Lipinski definition) is 5. The fourth-order valence-corrected chi connectivity index (χ4v) is 2.54. The van der Waals surface area contributed by atoms with E-state index in [4.69, 9.17) is 9.47 Å². The molecule has 0 radical (unpaired) electrons. The van der Waals surface area contributed by atoms with Crippen molar-refractivity contribution >= 4 is 27.5 Å². The summed E-state index contributed by atoms with van der Waals surface area (Å²) in [5, 5.41) is 0.320. The summed E-state index contributed by atoms with van der Waals surface area (Å²) >= 11 is 0. The Morgan fingerprint density at radius 3 is 2.43 bits per heavy atom. The van der Waals surface area contributed by atoms with E-state index in [1.165, 1.54) is 32.7 Å². The molecule has 2 aromatic rings. The first-order valence-electron chi connectivity index (χ1n) is 6.08. The first-order chi connectivity index (χ1) is 9.97. The van der Waals surface area contributed by atoms with E-state index in [1.807, 2.05) is 0 Å². The Morgan fingerprint density at radius 1 is 1.24 bits per heavy atom. The molecule has 0 saturated carbocycles. The number of carbonyl (C=O) groups excluding carboxylic acids is 1. The number of methoxy groups -OCH3 is 2. The number of Topliss-reactive ketones (excluding diaryl/α,β-unsaturated/α-hetero) is 1. The molecule has 0 unspecified atom stereocenters. The van der Waals surface area contributed by atoms with Gasteiger partial charge >= 0.3 is 0 Å². The second-order valence-electron chi connectivity index (χ2n) is 4.42. The predicted octanol–water partition coefficient (Wildman–Crippen LogP) is 1.11. The van der Waals surface area contributed by atoms with E-state index in [0.29, 0.717) is 22.4 Å². The molecule has 0 aliphatic rings. The Hall–Kier alpha value is -2.15. The highest BCUT2D eigenvalue weighted by Crippen LogP contribution is 2.30. The molecule has 1 N–H and O–H groups in total. The minimum Gasteiger partial charge on any atom is -0.493 e. The molecule has 0 spiro atoms. The molecule has 0 aliphatic carbocycles. The normalized spacial score (nSPS) is 12.1. The van der Waals surface area contributed by atoms with Crippen LogP contribution in [0.5, 0.6) is 11.5 Å². The van der Waals surface area contributed by atoms with E-state index in [9.17, 15) is 13.8 Å². The number of carbonyl (C=O) groups is 1. The summed E-state index contributed by atoms with van der Waals surface area (Å²) < 4.78 is 21.4. The first-order valence-corrected chi connectivity index (χ1v) is 7.81. The monoisotopic (exact) mass is 309 g/mol. The molecule has 112 valence electrons. The van der Waals surface area contributed by atoms with Crippen LogP contribution in [-0.4, -0.2) is 41.2 Å². The van der Waals surface area contributed by atoms with Gasteiger partial charge in [0, 0.05) is 29.3 Å². The van der Waals surface area contributed by atoms with E-state index in [0.717, 1.165) is 0 Å². The Kier molecular flexibility index (Phi) is 4.42. The highest BCUT2D eigenvalue weighted by atomic mass is 32.2. The lowest BCUT2D eigenvalue weighted by atomic mass is 10.1. The third-order valence-corrected chi connectivity index (χ3v) is 3.69. The number of aromatic amines is 1. The number of pyridine rings is 1. The van der Waals surface area contributed by atoms with Gasteiger partial charge in [0.25, 0.3) is 0 Å². The standard InChI is InChI=1S/C14H15NO5S/c1-19-12-4-8-10(5-13(12)20-2)15-6-9(14(8)17)11(16)7-21(3)18/h4-6H,7H2,1-3H3,(H,15,17)/t21-/m0/s1. The van der Waals surface area contributed by atoms with Gasteiger partial charge < -0.3 is 14.5 Å². The van der Waals surface area contributed by atoms with Crippen molar-refractivity contribution in [2.24, 2.45) is 0 Å². The fourth-order valence-electron chi connectivity index (χ4n) is 2.02. The topological polar surface area (TPSA) is 85.5 Å². The molecule has 0 fully saturated rings. The zero-order valence-corrected chi connectivity index (χ0v) is 12.7. The molecule has 1 aromatic heterocycles. The predicted molar refractivity (Wildman–Crippen MR) is 80.9 cm³/mol. The smallest absolute Gasteiger partial charge is 0.200 e. The third kappa shape index (κ3) is 2.97. The van der Waals surface area contributed by atoms with Crippen LogP contribution in [0.25, 0.3) is 10.9 Å². The fraction of sp³-hybridized carbons (Fsp3) is 0.286.